The normalized spacial score (nSPS) is 20.3. The van der Waals surface area contributed by atoms with Crippen molar-refractivity contribution in [2.75, 3.05) is 29.9 Å². The van der Waals surface area contributed by atoms with Gasteiger partial charge in [0.15, 0.2) is 0 Å². The fraction of sp³-hybridized carbons (Fsp3) is 0.667. The summed E-state index contributed by atoms with van der Waals surface area (Å²) in [6.07, 6.45) is 1.37. The summed E-state index contributed by atoms with van der Waals surface area (Å²) >= 11 is 0. The van der Waals surface area contributed by atoms with E-state index in [1.165, 1.54) is 12.1 Å². The summed E-state index contributed by atoms with van der Waals surface area (Å²) in [5.41, 5.74) is 1.21. The number of rotatable bonds is 8. The predicted molar refractivity (Wildman–Crippen MR) is 118 cm³/mol. The molecule has 2 atom stereocenters. The summed E-state index contributed by atoms with van der Waals surface area (Å²) in [6.45, 7) is 10.4. The maximum atomic E-state index is 13.9. The Bertz CT molecular complexity index is 829. The minimum absolute atomic E-state index is 0.0115. The smallest absolute Gasteiger partial charge is 0.224 e. The zero-order chi connectivity index (χ0) is 22.5. The number of ether oxygens (including phenoxy) is 1. The Morgan fingerprint density at radius 3 is 2.43 bits per heavy atom. The fourth-order valence-electron chi connectivity index (χ4n) is 3.29. The first-order valence-electron chi connectivity index (χ1n) is 10.4. The van der Waals surface area contributed by atoms with Gasteiger partial charge in [-0.1, -0.05) is 0 Å². The Hall–Kier alpha value is -1.71. The third kappa shape index (κ3) is 6.92. The molecule has 1 amide bonds. The van der Waals surface area contributed by atoms with Crippen molar-refractivity contribution in [1.29, 1.82) is 0 Å². The number of halogens is 1. The number of nitrogens with zero attached hydrogens (tertiary/aromatic N) is 1. The third-order valence-corrected chi connectivity index (χ3v) is 7.12. The van der Waals surface area contributed by atoms with Gasteiger partial charge in [-0.05, 0) is 65.7 Å². The molecule has 1 heterocycles. The lowest BCUT2D eigenvalue weighted by atomic mass is 10.1. The van der Waals surface area contributed by atoms with Crippen LogP contribution in [0.25, 0.3) is 0 Å². The van der Waals surface area contributed by atoms with E-state index >= 15 is 0 Å². The third-order valence-electron chi connectivity index (χ3n) is 4.92. The first-order chi connectivity index (χ1) is 13.9. The molecule has 0 saturated carbocycles. The first-order valence-corrected chi connectivity index (χ1v) is 11.9. The first kappa shape index (κ1) is 24.6. The predicted octanol–water partition coefficient (Wildman–Crippen LogP) is 3.27. The molecular formula is C21H34FN3O4S. The Morgan fingerprint density at radius 2 is 1.83 bits per heavy atom. The van der Waals surface area contributed by atoms with Gasteiger partial charge in [0.05, 0.1) is 28.3 Å². The van der Waals surface area contributed by atoms with E-state index in [9.17, 15) is 17.6 Å². The fourth-order valence-corrected chi connectivity index (χ4v) is 4.14. The number of carbonyl (C=O) groups excluding carboxylic acids is 1. The Balaban J connectivity index is 1.90. The molecule has 170 valence electrons. The highest BCUT2D eigenvalue weighted by atomic mass is 32.2. The Morgan fingerprint density at radius 1 is 1.20 bits per heavy atom. The van der Waals surface area contributed by atoms with E-state index in [-0.39, 0.29) is 36.9 Å². The minimum Gasteiger partial charge on any atom is -0.372 e. The van der Waals surface area contributed by atoms with Gasteiger partial charge in [0.25, 0.3) is 0 Å². The van der Waals surface area contributed by atoms with E-state index in [0.717, 1.165) is 0 Å². The van der Waals surface area contributed by atoms with Crippen molar-refractivity contribution in [3.8, 4) is 0 Å². The Kier molecular flexibility index (Phi) is 8.24. The highest BCUT2D eigenvalue weighted by molar-refractivity contribution is 7.90. The highest BCUT2D eigenvalue weighted by Crippen LogP contribution is 2.30. The van der Waals surface area contributed by atoms with Gasteiger partial charge in [0.2, 0.25) is 15.9 Å². The van der Waals surface area contributed by atoms with Crippen LogP contribution in [-0.2, 0) is 19.6 Å². The second-order valence-electron chi connectivity index (χ2n) is 8.84. The molecule has 1 aromatic rings. The lowest BCUT2D eigenvalue weighted by molar-refractivity contribution is -0.116. The van der Waals surface area contributed by atoms with Crippen LogP contribution in [-0.4, -0.2) is 50.9 Å². The van der Waals surface area contributed by atoms with E-state index in [4.69, 9.17) is 4.74 Å². The van der Waals surface area contributed by atoms with Gasteiger partial charge in [0, 0.05) is 26.1 Å². The SMILES string of the molecule is CC1CN(c2cc(F)ccc2NC(=O)CCCCNS(=O)(=O)C(C)(C)C)CC(C)O1. The van der Waals surface area contributed by atoms with E-state index in [2.05, 4.69) is 10.0 Å². The highest BCUT2D eigenvalue weighted by Gasteiger charge is 2.28. The molecule has 2 rings (SSSR count). The summed E-state index contributed by atoms with van der Waals surface area (Å²) in [4.78, 5) is 14.4. The second kappa shape index (κ2) is 10.1. The van der Waals surface area contributed by atoms with Gasteiger partial charge in [-0.15, -0.1) is 0 Å². The molecule has 9 heteroatoms. The van der Waals surface area contributed by atoms with Crippen LogP contribution in [0, 0.1) is 5.82 Å². The van der Waals surface area contributed by atoms with Crippen molar-refractivity contribution in [2.45, 2.75) is 70.8 Å². The van der Waals surface area contributed by atoms with Crippen LogP contribution in [0.3, 0.4) is 0 Å². The van der Waals surface area contributed by atoms with Crippen LogP contribution in [0.4, 0.5) is 15.8 Å². The minimum atomic E-state index is -3.38. The molecule has 2 N–H and O–H groups in total. The number of benzene rings is 1. The molecule has 0 spiro atoms. The van der Waals surface area contributed by atoms with Crippen molar-refractivity contribution in [3.05, 3.63) is 24.0 Å². The quantitative estimate of drug-likeness (QED) is 0.602. The van der Waals surface area contributed by atoms with Crippen LogP contribution in [0.15, 0.2) is 18.2 Å². The number of hydrogen-bond acceptors (Lipinski definition) is 5. The van der Waals surface area contributed by atoms with Crippen molar-refractivity contribution < 1.29 is 22.3 Å². The lowest BCUT2D eigenvalue weighted by Gasteiger charge is -2.37. The zero-order valence-corrected chi connectivity index (χ0v) is 19.3. The Labute approximate surface area is 179 Å². The average molecular weight is 444 g/mol. The van der Waals surface area contributed by atoms with Gasteiger partial charge >= 0.3 is 0 Å². The summed E-state index contributed by atoms with van der Waals surface area (Å²) in [7, 11) is -3.38. The molecule has 0 bridgehead atoms. The van der Waals surface area contributed by atoms with Gasteiger partial charge in [-0.25, -0.2) is 17.5 Å². The topological polar surface area (TPSA) is 87.7 Å². The summed E-state index contributed by atoms with van der Waals surface area (Å²) in [5, 5.41) is 2.87. The number of amides is 1. The number of hydrogen-bond donors (Lipinski definition) is 2. The van der Waals surface area contributed by atoms with Gasteiger partial charge in [0.1, 0.15) is 5.82 Å². The number of carbonyl (C=O) groups is 1. The van der Waals surface area contributed by atoms with Crippen LogP contribution < -0.4 is 14.9 Å². The molecule has 0 radical (unpaired) electrons. The summed E-state index contributed by atoms with van der Waals surface area (Å²) in [6, 6.07) is 4.33. The average Bonchev–Trinajstić information content (AvgIpc) is 2.61. The molecule has 1 saturated heterocycles. The van der Waals surface area contributed by atoms with Crippen LogP contribution in [0.5, 0.6) is 0 Å². The maximum absolute atomic E-state index is 13.9. The van der Waals surface area contributed by atoms with Crippen molar-refractivity contribution in [1.82, 2.24) is 4.72 Å². The summed E-state index contributed by atoms with van der Waals surface area (Å²) < 4.78 is 45.4. The van der Waals surface area contributed by atoms with Crippen molar-refractivity contribution in [2.24, 2.45) is 0 Å². The van der Waals surface area contributed by atoms with E-state index < -0.39 is 14.8 Å². The molecule has 1 aromatic carbocycles. The molecular weight excluding hydrogens is 409 g/mol. The summed E-state index contributed by atoms with van der Waals surface area (Å²) in [5.74, 6) is -0.545. The van der Waals surface area contributed by atoms with Crippen LogP contribution >= 0.6 is 0 Å². The van der Waals surface area contributed by atoms with Crippen molar-refractivity contribution in [3.63, 3.8) is 0 Å². The lowest BCUT2D eigenvalue weighted by Crippen LogP contribution is -2.45. The second-order valence-corrected chi connectivity index (χ2v) is 11.4. The zero-order valence-electron chi connectivity index (χ0n) is 18.5. The standard InChI is InChI=1S/C21H34FN3O4S/c1-15-13-25(14-16(2)29-15)19-12-17(22)9-10-18(19)24-20(26)8-6-7-11-23-30(27,28)21(3,4)5/h9-10,12,15-16,23H,6-8,11,13-14H2,1-5H3,(H,24,26). The molecule has 30 heavy (non-hydrogen) atoms. The molecule has 0 aromatic heterocycles. The van der Waals surface area contributed by atoms with Crippen molar-refractivity contribution >= 4 is 27.3 Å². The molecule has 1 aliphatic heterocycles. The molecule has 2 unspecified atom stereocenters. The van der Waals surface area contributed by atoms with Crippen LogP contribution in [0.2, 0.25) is 0 Å². The molecule has 7 nitrogen and oxygen atoms in total. The molecule has 0 aliphatic carbocycles. The number of unbranched alkanes of at least 4 members (excludes halogenated alkanes) is 1. The number of morpholine rings is 1. The van der Waals surface area contributed by atoms with Gasteiger partial charge in [-0.3, -0.25) is 4.79 Å². The monoisotopic (exact) mass is 443 g/mol. The largest absolute Gasteiger partial charge is 0.372 e. The molecule has 1 aliphatic rings. The number of anilines is 2. The van der Waals surface area contributed by atoms with E-state index in [0.29, 0.717) is 37.3 Å². The van der Waals surface area contributed by atoms with Gasteiger partial charge < -0.3 is 15.0 Å². The van der Waals surface area contributed by atoms with Crippen LogP contribution in [0.1, 0.15) is 53.9 Å². The van der Waals surface area contributed by atoms with Gasteiger partial charge in [-0.2, -0.15) is 0 Å². The molecule has 1 fully saturated rings. The number of sulfonamides is 1. The van der Waals surface area contributed by atoms with E-state index in [1.54, 1.807) is 26.8 Å². The van der Waals surface area contributed by atoms with E-state index in [1.807, 2.05) is 18.7 Å². The number of nitrogens with one attached hydrogen (secondary N) is 2. The maximum Gasteiger partial charge on any atom is 0.224 e.